The standard InChI is InChI=1S/C8H6F3N3/c9-7(10)6-5(2-13)4(1-12)3-14-8(6)11/h3,7H,1,12H2. The van der Waals surface area contributed by atoms with Crippen molar-refractivity contribution in [3.63, 3.8) is 0 Å². The first-order valence-corrected chi connectivity index (χ1v) is 3.67. The fourth-order valence-corrected chi connectivity index (χ4v) is 1.03. The molecule has 0 aromatic carbocycles. The molecule has 2 N–H and O–H groups in total. The van der Waals surface area contributed by atoms with Crippen LogP contribution in [0.3, 0.4) is 0 Å². The van der Waals surface area contributed by atoms with E-state index in [4.69, 9.17) is 11.0 Å². The molecule has 1 aromatic heterocycles. The monoisotopic (exact) mass is 201 g/mol. The third-order valence-electron chi connectivity index (χ3n) is 1.70. The summed E-state index contributed by atoms with van der Waals surface area (Å²) in [5, 5.41) is 8.57. The summed E-state index contributed by atoms with van der Waals surface area (Å²) in [6.45, 7) is -0.129. The number of nitrogens with two attached hydrogens (primary N) is 1. The molecule has 0 atom stereocenters. The van der Waals surface area contributed by atoms with Gasteiger partial charge in [0.1, 0.15) is 6.07 Å². The molecule has 0 spiro atoms. The summed E-state index contributed by atoms with van der Waals surface area (Å²) >= 11 is 0. The minimum absolute atomic E-state index is 0.115. The molecule has 0 amide bonds. The lowest BCUT2D eigenvalue weighted by atomic mass is 10.1. The van der Waals surface area contributed by atoms with E-state index in [-0.39, 0.29) is 12.1 Å². The Bertz CT molecular complexity index is 384. The topological polar surface area (TPSA) is 62.7 Å². The second kappa shape index (κ2) is 4.07. The molecule has 74 valence electrons. The highest BCUT2D eigenvalue weighted by Crippen LogP contribution is 2.26. The SMILES string of the molecule is N#Cc1c(CN)cnc(F)c1C(F)F. The molecule has 6 heteroatoms. The third kappa shape index (κ3) is 1.67. The van der Waals surface area contributed by atoms with E-state index in [1.54, 1.807) is 0 Å². The van der Waals surface area contributed by atoms with Gasteiger partial charge in [0.2, 0.25) is 5.95 Å². The first kappa shape index (κ1) is 10.5. The molecule has 3 nitrogen and oxygen atoms in total. The Labute approximate surface area is 78.0 Å². The Morgan fingerprint density at radius 2 is 2.21 bits per heavy atom. The average molecular weight is 201 g/mol. The number of halogens is 3. The normalized spacial score (nSPS) is 10.3. The molecular weight excluding hydrogens is 195 g/mol. The largest absolute Gasteiger partial charge is 0.326 e. The maximum absolute atomic E-state index is 12.8. The number of hydrogen-bond donors (Lipinski definition) is 1. The van der Waals surface area contributed by atoms with Gasteiger partial charge in [0.05, 0.1) is 11.1 Å². The fraction of sp³-hybridized carbons (Fsp3) is 0.250. The van der Waals surface area contributed by atoms with E-state index >= 15 is 0 Å². The van der Waals surface area contributed by atoms with Crippen LogP contribution in [-0.4, -0.2) is 4.98 Å². The Morgan fingerprint density at radius 3 is 2.64 bits per heavy atom. The van der Waals surface area contributed by atoms with E-state index in [9.17, 15) is 13.2 Å². The van der Waals surface area contributed by atoms with Crippen LogP contribution in [0.5, 0.6) is 0 Å². The van der Waals surface area contributed by atoms with Gasteiger partial charge in [0, 0.05) is 18.3 Å². The van der Waals surface area contributed by atoms with E-state index in [2.05, 4.69) is 4.98 Å². The molecule has 0 radical (unpaired) electrons. The summed E-state index contributed by atoms with van der Waals surface area (Å²) in [7, 11) is 0. The number of pyridine rings is 1. The number of nitrogens with zero attached hydrogens (tertiary/aromatic N) is 2. The van der Waals surface area contributed by atoms with Crippen LogP contribution in [0.25, 0.3) is 0 Å². The summed E-state index contributed by atoms with van der Waals surface area (Å²) in [6, 6.07) is 1.50. The first-order chi connectivity index (χ1) is 6.61. The van der Waals surface area contributed by atoms with Crippen molar-refractivity contribution in [3.8, 4) is 6.07 Å². The van der Waals surface area contributed by atoms with Crippen molar-refractivity contribution in [1.29, 1.82) is 5.26 Å². The van der Waals surface area contributed by atoms with E-state index in [0.29, 0.717) is 0 Å². The molecule has 0 aliphatic carbocycles. The zero-order valence-corrected chi connectivity index (χ0v) is 6.97. The maximum atomic E-state index is 12.8. The number of alkyl halides is 2. The van der Waals surface area contributed by atoms with Gasteiger partial charge in [-0.15, -0.1) is 0 Å². The number of rotatable bonds is 2. The lowest BCUT2D eigenvalue weighted by Gasteiger charge is -2.06. The highest BCUT2D eigenvalue weighted by Gasteiger charge is 2.21. The van der Waals surface area contributed by atoms with Gasteiger partial charge < -0.3 is 5.73 Å². The van der Waals surface area contributed by atoms with E-state index < -0.39 is 23.5 Å². The molecule has 14 heavy (non-hydrogen) atoms. The van der Waals surface area contributed by atoms with Gasteiger partial charge in [0.25, 0.3) is 6.43 Å². The lowest BCUT2D eigenvalue weighted by molar-refractivity contribution is 0.144. The predicted octanol–water partition coefficient (Wildman–Crippen LogP) is 1.49. The maximum Gasteiger partial charge on any atom is 0.269 e. The summed E-state index contributed by atoms with van der Waals surface area (Å²) < 4.78 is 37.5. The van der Waals surface area contributed by atoms with Crippen molar-refractivity contribution in [1.82, 2.24) is 4.98 Å². The first-order valence-electron chi connectivity index (χ1n) is 3.67. The van der Waals surface area contributed by atoms with Gasteiger partial charge in [-0.25, -0.2) is 13.8 Å². The Kier molecular flexibility index (Phi) is 3.04. The highest BCUT2D eigenvalue weighted by molar-refractivity contribution is 5.43. The summed E-state index contributed by atoms with van der Waals surface area (Å²) in [6.07, 6.45) is -2.08. The van der Waals surface area contributed by atoms with Crippen molar-refractivity contribution in [2.75, 3.05) is 0 Å². The summed E-state index contributed by atoms with van der Waals surface area (Å²) in [4.78, 5) is 3.10. The van der Waals surface area contributed by atoms with Crippen LogP contribution in [0.1, 0.15) is 23.1 Å². The third-order valence-corrected chi connectivity index (χ3v) is 1.70. The minimum atomic E-state index is -3.07. The quantitative estimate of drug-likeness (QED) is 0.737. The molecule has 0 saturated carbocycles. The Morgan fingerprint density at radius 1 is 1.57 bits per heavy atom. The van der Waals surface area contributed by atoms with Crippen molar-refractivity contribution in [2.24, 2.45) is 5.73 Å². The van der Waals surface area contributed by atoms with Gasteiger partial charge in [-0.05, 0) is 0 Å². The number of aromatic nitrogens is 1. The molecular formula is C8H6F3N3. The molecule has 1 aromatic rings. The van der Waals surface area contributed by atoms with E-state index in [1.165, 1.54) is 6.07 Å². The lowest BCUT2D eigenvalue weighted by Crippen LogP contribution is -2.07. The van der Waals surface area contributed by atoms with Crippen LogP contribution in [0, 0.1) is 17.3 Å². The van der Waals surface area contributed by atoms with Crippen LogP contribution in [0.15, 0.2) is 6.20 Å². The number of hydrogen-bond acceptors (Lipinski definition) is 3. The van der Waals surface area contributed by atoms with Gasteiger partial charge >= 0.3 is 0 Å². The van der Waals surface area contributed by atoms with Crippen LogP contribution in [-0.2, 0) is 6.54 Å². The zero-order valence-electron chi connectivity index (χ0n) is 6.97. The van der Waals surface area contributed by atoms with Crippen molar-refractivity contribution in [3.05, 3.63) is 28.8 Å². The molecule has 0 unspecified atom stereocenters. The van der Waals surface area contributed by atoms with Gasteiger partial charge in [-0.3, -0.25) is 0 Å². The van der Waals surface area contributed by atoms with Gasteiger partial charge in [-0.2, -0.15) is 9.65 Å². The zero-order chi connectivity index (χ0) is 10.7. The minimum Gasteiger partial charge on any atom is -0.326 e. The van der Waals surface area contributed by atoms with Crippen LogP contribution in [0.4, 0.5) is 13.2 Å². The Balaban J connectivity index is 3.45. The molecule has 0 aliphatic heterocycles. The van der Waals surface area contributed by atoms with Crippen molar-refractivity contribution >= 4 is 0 Å². The molecule has 1 rings (SSSR count). The molecule has 0 bridgehead atoms. The molecule has 1 heterocycles. The van der Waals surface area contributed by atoms with Crippen molar-refractivity contribution < 1.29 is 13.2 Å². The molecule has 0 saturated heterocycles. The highest BCUT2D eigenvalue weighted by atomic mass is 19.3. The summed E-state index contributed by atoms with van der Waals surface area (Å²) in [5.41, 5.74) is 3.90. The van der Waals surface area contributed by atoms with E-state index in [1.807, 2.05) is 0 Å². The Hall–Kier alpha value is -1.61. The molecule has 0 aliphatic rings. The average Bonchev–Trinajstić information content (AvgIpc) is 2.16. The predicted molar refractivity (Wildman–Crippen MR) is 41.8 cm³/mol. The van der Waals surface area contributed by atoms with Crippen molar-refractivity contribution in [2.45, 2.75) is 13.0 Å². The van der Waals surface area contributed by atoms with Gasteiger partial charge in [0.15, 0.2) is 0 Å². The second-order valence-corrected chi connectivity index (χ2v) is 2.48. The van der Waals surface area contributed by atoms with Crippen LogP contribution in [0.2, 0.25) is 0 Å². The summed E-state index contributed by atoms with van der Waals surface area (Å²) in [5.74, 6) is -1.33. The number of nitriles is 1. The van der Waals surface area contributed by atoms with Crippen LogP contribution >= 0.6 is 0 Å². The van der Waals surface area contributed by atoms with Gasteiger partial charge in [-0.1, -0.05) is 0 Å². The smallest absolute Gasteiger partial charge is 0.269 e. The van der Waals surface area contributed by atoms with Crippen LogP contribution < -0.4 is 5.73 Å². The second-order valence-electron chi connectivity index (χ2n) is 2.48. The van der Waals surface area contributed by atoms with E-state index in [0.717, 1.165) is 6.20 Å². The fourth-order valence-electron chi connectivity index (χ4n) is 1.03. The molecule has 0 fully saturated rings.